The van der Waals surface area contributed by atoms with Crippen LogP contribution < -0.4 is 10.2 Å². The van der Waals surface area contributed by atoms with Crippen molar-refractivity contribution in [2.45, 2.75) is 13.0 Å². The fourth-order valence-electron chi connectivity index (χ4n) is 4.26. The topological polar surface area (TPSA) is 92.9 Å². The fourth-order valence-corrected chi connectivity index (χ4v) is 4.26. The molecule has 0 bridgehead atoms. The van der Waals surface area contributed by atoms with E-state index in [2.05, 4.69) is 51.5 Å². The smallest absolute Gasteiger partial charge is 0.344 e. The summed E-state index contributed by atoms with van der Waals surface area (Å²) in [5, 5.41) is 13.0. The molecular formula is C33H27N3O4. The zero-order valence-electron chi connectivity index (χ0n) is 21.8. The van der Waals surface area contributed by atoms with Crippen LogP contribution in [0.2, 0.25) is 0 Å². The number of carbonyl (C=O) groups excluding carboxylic acids is 1. The maximum absolute atomic E-state index is 12.7. The van der Waals surface area contributed by atoms with Crippen LogP contribution in [-0.2, 0) is 4.79 Å². The van der Waals surface area contributed by atoms with Crippen LogP contribution in [0.5, 0.6) is 5.75 Å². The number of aliphatic carboxylic acids is 1. The Morgan fingerprint density at radius 2 is 1.32 bits per heavy atom. The third-order valence-corrected chi connectivity index (χ3v) is 6.33. The zero-order valence-corrected chi connectivity index (χ0v) is 21.8. The molecule has 0 saturated heterocycles. The van der Waals surface area contributed by atoms with Gasteiger partial charge in [0.25, 0.3) is 5.91 Å². The molecular weight excluding hydrogens is 502 g/mol. The van der Waals surface area contributed by atoms with Gasteiger partial charge in [-0.25, -0.2) is 10.2 Å². The van der Waals surface area contributed by atoms with Crippen LogP contribution in [0.3, 0.4) is 0 Å². The van der Waals surface area contributed by atoms with Crippen molar-refractivity contribution in [3.63, 3.8) is 0 Å². The fraction of sp³-hybridized carbons (Fsp3) is 0.0606. The third-order valence-electron chi connectivity index (χ3n) is 6.33. The summed E-state index contributed by atoms with van der Waals surface area (Å²) in [4.78, 5) is 23.7. The molecule has 1 aromatic heterocycles. The number of carbonyl (C=O) groups is 2. The maximum atomic E-state index is 12.7. The largest absolute Gasteiger partial charge is 0.479 e. The quantitative estimate of drug-likeness (QED) is 0.170. The molecule has 1 heterocycles. The van der Waals surface area contributed by atoms with Gasteiger partial charge in [-0.3, -0.25) is 4.79 Å². The Kier molecular flexibility index (Phi) is 7.83. The van der Waals surface area contributed by atoms with Gasteiger partial charge < -0.3 is 14.4 Å². The van der Waals surface area contributed by atoms with Gasteiger partial charge in [0, 0.05) is 11.3 Å². The van der Waals surface area contributed by atoms with Crippen molar-refractivity contribution in [2.75, 3.05) is 0 Å². The Hall–Kier alpha value is -5.43. The molecule has 0 radical (unpaired) electrons. The molecule has 2 N–H and O–H groups in total. The minimum Gasteiger partial charge on any atom is -0.479 e. The first-order chi connectivity index (χ1) is 19.5. The summed E-state index contributed by atoms with van der Waals surface area (Å²) in [6.45, 7) is 1.46. The normalized spacial score (nSPS) is 11.7. The SMILES string of the molecule is C[C@H](Oc1ccc(/C=N\NC(=O)c2ccc(-n3c(-c4ccccc4)ccc3-c3ccccc3)cc2)cc1)C(=O)O. The van der Waals surface area contributed by atoms with Crippen LogP contribution in [-0.4, -0.2) is 33.9 Å². The molecule has 198 valence electrons. The first kappa shape index (κ1) is 26.2. The van der Waals surface area contributed by atoms with E-state index < -0.39 is 12.1 Å². The van der Waals surface area contributed by atoms with E-state index in [1.807, 2.05) is 48.5 Å². The summed E-state index contributed by atoms with van der Waals surface area (Å²) in [7, 11) is 0. The second-order valence-corrected chi connectivity index (χ2v) is 9.08. The first-order valence-electron chi connectivity index (χ1n) is 12.8. The highest BCUT2D eigenvalue weighted by atomic mass is 16.5. The van der Waals surface area contributed by atoms with Gasteiger partial charge in [0.05, 0.1) is 17.6 Å². The van der Waals surface area contributed by atoms with E-state index in [4.69, 9.17) is 9.84 Å². The van der Waals surface area contributed by atoms with Crippen molar-refractivity contribution >= 4 is 18.1 Å². The van der Waals surface area contributed by atoms with Gasteiger partial charge in [-0.15, -0.1) is 0 Å². The second-order valence-electron chi connectivity index (χ2n) is 9.08. The lowest BCUT2D eigenvalue weighted by Crippen LogP contribution is -2.22. The average molecular weight is 530 g/mol. The Balaban J connectivity index is 1.32. The molecule has 5 aromatic rings. The third kappa shape index (κ3) is 6.00. The predicted molar refractivity (Wildman–Crippen MR) is 156 cm³/mol. The Morgan fingerprint density at radius 3 is 1.85 bits per heavy atom. The molecule has 5 rings (SSSR count). The molecule has 0 unspecified atom stereocenters. The van der Waals surface area contributed by atoms with Crippen LogP contribution >= 0.6 is 0 Å². The van der Waals surface area contributed by atoms with Crippen molar-refractivity contribution in [3.05, 3.63) is 132 Å². The average Bonchev–Trinajstić information content (AvgIpc) is 3.44. The van der Waals surface area contributed by atoms with E-state index in [1.165, 1.54) is 13.1 Å². The highest BCUT2D eigenvalue weighted by Crippen LogP contribution is 2.32. The molecule has 1 atom stereocenters. The number of benzene rings is 4. The van der Waals surface area contributed by atoms with E-state index in [9.17, 15) is 9.59 Å². The van der Waals surface area contributed by atoms with E-state index in [1.54, 1.807) is 36.4 Å². The molecule has 0 spiro atoms. The monoisotopic (exact) mass is 529 g/mol. The number of nitrogens with zero attached hydrogens (tertiary/aromatic N) is 2. The number of rotatable bonds is 9. The lowest BCUT2D eigenvalue weighted by molar-refractivity contribution is -0.144. The van der Waals surface area contributed by atoms with Gasteiger partial charge >= 0.3 is 5.97 Å². The number of nitrogens with one attached hydrogen (secondary N) is 1. The standard InChI is InChI=1S/C33H27N3O4/c1-23(33(38)39)40-29-18-12-24(13-19-29)22-34-35-32(37)27-14-16-28(17-15-27)36-30(25-8-4-2-5-9-25)20-21-31(36)26-10-6-3-7-11-26/h2-23H,1H3,(H,35,37)(H,38,39)/b34-22-/t23-/m0/s1. The molecule has 0 aliphatic rings. The van der Waals surface area contributed by atoms with Crippen LogP contribution in [0.25, 0.3) is 28.2 Å². The van der Waals surface area contributed by atoms with Crippen molar-refractivity contribution in [2.24, 2.45) is 5.10 Å². The number of carboxylic acid groups (broad SMARTS) is 1. The highest BCUT2D eigenvalue weighted by Gasteiger charge is 2.15. The Bertz CT molecular complexity index is 1570. The maximum Gasteiger partial charge on any atom is 0.344 e. The number of amides is 1. The van der Waals surface area contributed by atoms with Crippen LogP contribution in [0.1, 0.15) is 22.8 Å². The molecule has 7 nitrogen and oxygen atoms in total. The molecule has 1 amide bonds. The van der Waals surface area contributed by atoms with Crippen molar-refractivity contribution in [1.29, 1.82) is 0 Å². The van der Waals surface area contributed by atoms with Crippen LogP contribution in [0.4, 0.5) is 0 Å². The summed E-state index contributed by atoms with van der Waals surface area (Å²) in [5.41, 5.74) is 8.97. The molecule has 7 heteroatoms. The number of hydrogen-bond acceptors (Lipinski definition) is 4. The molecule has 0 aliphatic heterocycles. The van der Waals surface area contributed by atoms with Gasteiger partial charge in [-0.2, -0.15) is 5.10 Å². The van der Waals surface area contributed by atoms with E-state index >= 15 is 0 Å². The van der Waals surface area contributed by atoms with E-state index in [0.29, 0.717) is 11.3 Å². The van der Waals surface area contributed by atoms with E-state index in [0.717, 1.165) is 33.8 Å². The lowest BCUT2D eigenvalue weighted by atomic mass is 10.1. The van der Waals surface area contributed by atoms with Gasteiger partial charge in [0.2, 0.25) is 0 Å². The number of ether oxygens (including phenoxy) is 1. The van der Waals surface area contributed by atoms with Crippen LogP contribution in [0.15, 0.2) is 126 Å². The van der Waals surface area contributed by atoms with Crippen molar-refractivity contribution in [1.82, 2.24) is 9.99 Å². The van der Waals surface area contributed by atoms with Crippen molar-refractivity contribution in [3.8, 4) is 34.0 Å². The molecule has 0 aliphatic carbocycles. The second kappa shape index (κ2) is 12.0. The summed E-state index contributed by atoms with van der Waals surface area (Å²) in [5.74, 6) is -0.940. The van der Waals surface area contributed by atoms with Gasteiger partial charge in [-0.05, 0) is 84.3 Å². The summed E-state index contributed by atoms with van der Waals surface area (Å²) in [6.07, 6.45) is 0.562. The van der Waals surface area contributed by atoms with Gasteiger partial charge in [-0.1, -0.05) is 60.7 Å². The zero-order chi connectivity index (χ0) is 27.9. The number of aromatic nitrogens is 1. The summed E-state index contributed by atoms with van der Waals surface area (Å²) in [6, 6.07) is 38.8. The Morgan fingerprint density at radius 1 is 0.775 bits per heavy atom. The number of hydrogen-bond donors (Lipinski definition) is 2. The Labute approximate surface area is 232 Å². The molecule has 0 saturated carbocycles. The van der Waals surface area contributed by atoms with Crippen LogP contribution in [0, 0.1) is 0 Å². The first-order valence-corrected chi connectivity index (χ1v) is 12.8. The predicted octanol–water partition coefficient (Wildman–Crippen LogP) is 6.43. The summed E-state index contributed by atoms with van der Waals surface area (Å²) >= 11 is 0. The lowest BCUT2D eigenvalue weighted by Gasteiger charge is -2.15. The number of hydrazone groups is 1. The van der Waals surface area contributed by atoms with Gasteiger partial charge in [0.1, 0.15) is 5.75 Å². The molecule has 4 aromatic carbocycles. The minimum absolute atomic E-state index is 0.336. The highest BCUT2D eigenvalue weighted by molar-refractivity contribution is 5.95. The minimum atomic E-state index is -1.04. The molecule has 40 heavy (non-hydrogen) atoms. The van der Waals surface area contributed by atoms with E-state index in [-0.39, 0.29) is 5.91 Å². The molecule has 0 fully saturated rings. The summed E-state index contributed by atoms with van der Waals surface area (Å²) < 4.78 is 7.51. The van der Waals surface area contributed by atoms with Gasteiger partial charge in [0.15, 0.2) is 6.10 Å². The number of carboxylic acids is 1. The van der Waals surface area contributed by atoms with Crippen molar-refractivity contribution < 1.29 is 19.4 Å².